The van der Waals surface area contributed by atoms with E-state index in [2.05, 4.69) is 9.97 Å². The number of H-pyrrole nitrogens is 1. The molecule has 2 rings (SSSR count). The first-order valence-electron chi connectivity index (χ1n) is 4.58. The maximum absolute atomic E-state index is 13.0. The Balaban J connectivity index is 2.67. The highest BCUT2D eigenvalue weighted by Gasteiger charge is 2.09. The third kappa shape index (κ3) is 1.84. The van der Waals surface area contributed by atoms with E-state index in [1.165, 1.54) is 6.33 Å². The van der Waals surface area contributed by atoms with Gasteiger partial charge in [-0.05, 0) is 19.1 Å². The van der Waals surface area contributed by atoms with Crippen molar-refractivity contribution >= 4 is 0 Å². The molecule has 2 aromatic rings. The molecular weight excluding hydrogens is 214 g/mol. The molecule has 0 aliphatic heterocycles. The summed E-state index contributed by atoms with van der Waals surface area (Å²) in [5.74, 6) is -1.40. The number of rotatable bonds is 1. The molecule has 3 nitrogen and oxygen atoms in total. The first kappa shape index (κ1) is 10.5. The van der Waals surface area contributed by atoms with Gasteiger partial charge in [0, 0.05) is 17.2 Å². The van der Waals surface area contributed by atoms with Crippen molar-refractivity contribution in [3.63, 3.8) is 0 Å². The Morgan fingerprint density at radius 3 is 2.44 bits per heavy atom. The SMILES string of the molecule is Cc1c(-c2cc(F)cc(F)c2)nc[nH]c1=O. The van der Waals surface area contributed by atoms with Gasteiger partial charge >= 0.3 is 0 Å². The van der Waals surface area contributed by atoms with E-state index in [9.17, 15) is 13.6 Å². The van der Waals surface area contributed by atoms with Crippen molar-refractivity contribution in [2.45, 2.75) is 6.92 Å². The summed E-state index contributed by atoms with van der Waals surface area (Å²) < 4.78 is 26.0. The molecule has 0 atom stereocenters. The van der Waals surface area contributed by atoms with Crippen molar-refractivity contribution in [3.05, 3.63) is 52.1 Å². The number of aromatic amines is 1. The van der Waals surface area contributed by atoms with Crippen LogP contribution in [-0.2, 0) is 0 Å². The van der Waals surface area contributed by atoms with Crippen molar-refractivity contribution in [2.24, 2.45) is 0 Å². The monoisotopic (exact) mass is 222 g/mol. The smallest absolute Gasteiger partial charge is 0.254 e. The minimum Gasteiger partial charge on any atom is -0.313 e. The fourth-order valence-corrected chi connectivity index (χ4v) is 1.45. The van der Waals surface area contributed by atoms with Gasteiger partial charge in [-0.1, -0.05) is 0 Å². The lowest BCUT2D eigenvalue weighted by atomic mass is 10.1. The molecule has 0 bridgehead atoms. The molecule has 0 fully saturated rings. The molecular formula is C11H8F2N2O. The van der Waals surface area contributed by atoms with Gasteiger partial charge in [0.15, 0.2) is 0 Å². The van der Waals surface area contributed by atoms with Crippen molar-refractivity contribution in [1.29, 1.82) is 0 Å². The van der Waals surface area contributed by atoms with Gasteiger partial charge in [-0.25, -0.2) is 13.8 Å². The summed E-state index contributed by atoms with van der Waals surface area (Å²) in [4.78, 5) is 17.6. The van der Waals surface area contributed by atoms with Crippen LogP contribution in [0.4, 0.5) is 8.78 Å². The van der Waals surface area contributed by atoms with Crippen LogP contribution in [0.2, 0.25) is 0 Å². The predicted octanol–water partition coefficient (Wildman–Crippen LogP) is 2.02. The molecule has 1 N–H and O–H groups in total. The van der Waals surface area contributed by atoms with E-state index in [1.807, 2.05) is 0 Å². The first-order valence-corrected chi connectivity index (χ1v) is 4.58. The van der Waals surface area contributed by atoms with Crippen LogP contribution in [-0.4, -0.2) is 9.97 Å². The van der Waals surface area contributed by atoms with Gasteiger partial charge < -0.3 is 4.98 Å². The molecule has 0 spiro atoms. The summed E-state index contributed by atoms with van der Waals surface area (Å²) in [6, 6.07) is 3.04. The number of nitrogens with one attached hydrogen (secondary N) is 1. The fraction of sp³-hybridized carbons (Fsp3) is 0.0909. The standard InChI is InChI=1S/C11H8F2N2O/c1-6-10(14-5-15-11(6)16)7-2-8(12)4-9(13)3-7/h2-5H,1H3,(H,14,15,16). The summed E-state index contributed by atoms with van der Waals surface area (Å²) in [6.07, 6.45) is 1.20. The van der Waals surface area contributed by atoms with E-state index in [4.69, 9.17) is 0 Å². The Morgan fingerprint density at radius 2 is 1.81 bits per heavy atom. The highest BCUT2D eigenvalue weighted by molar-refractivity contribution is 5.62. The molecule has 0 unspecified atom stereocenters. The van der Waals surface area contributed by atoms with Crippen molar-refractivity contribution in [3.8, 4) is 11.3 Å². The Labute approximate surface area is 89.8 Å². The maximum atomic E-state index is 13.0. The van der Waals surface area contributed by atoms with Crippen LogP contribution in [0.3, 0.4) is 0 Å². The Morgan fingerprint density at radius 1 is 1.19 bits per heavy atom. The second-order valence-electron chi connectivity index (χ2n) is 3.36. The zero-order valence-electron chi connectivity index (χ0n) is 8.42. The van der Waals surface area contributed by atoms with E-state index in [-0.39, 0.29) is 16.8 Å². The van der Waals surface area contributed by atoms with Gasteiger partial charge in [-0.3, -0.25) is 4.79 Å². The molecule has 16 heavy (non-hydrogen) atoms. The van der Waals surface area contributed by atoms with Crippen molar-refractivity contribution in [1.82, 2.24) is 9.97 Å². The Kier molecular flexibility index (Phi) is 2.52. The maximum Gasteiger partial charge on any atom is 0.254 e. The average Bonchev–Trinajstić information content (AvgIpc) is 2.20. The van der Waals surface area contributed by atoms with Crippen molar-refractivity contribution < 1.29 is 8.78 Å². The summed E-state index contributed by atoms with van der Waals surface area (Å²) in [7, 11) is 0. The number of aromatic nitrogens is 2. The van der Waals surface area contributed by atoms with Gasteiger partial charge in [0.05, 0.1) is 12.0 Å². The molecule has 1 heterocycles. The van der Waals surface area contributed by atoms with Gasteiger partial charge in [0.1, 0.15) is 11.6 Å². The number of halogens is 2. The van der Waals surface area contributed by atoms with Gasteiger partial charge in [-0.15, -0.1) is 0 Å². The van der Waals surface area contributed by atoms with Crippen LogP contribution in [0.5, 0.6) is 0 Å². The van der Waals surface area contributed by atoms with Gasteiger partial charge in [0.2, 0.25) is 0 Å². The molecule has 82 valence electrons. The fourth-order valence-electron chi connectivity index (χ4n) is 1.45. The van der Waals surface area contributed by atoms with Crippen LogP contribution in [0.15, 0.2) is 29.3 Å². The van der Waals surface area contributed by atoms with E-state index >= 15 is 0 Å². The third-order valence-electron chi connectivity index (χ3n) is 2.22. The minimum atomic E-state index is -0.698. The molecule has 1 aromatic carbocycles. The molecule has 0 aliphatic rings. The van der Waals surface area contributed by atoms with Crippen LogP contribution in [0.25, 0.3) is 11.3 Å². The molecule has 5 heteroatoms. The zero-order valence-corrected chi connectivity index (χ0v) is 8.42. The first-order chi connectivity index (χ1) is 7.58. The lowest BCUT2D eigenvalue weighted by molar-refractivity contribution is 0.584. The molecule has 0 saturated carbocycles. The number of benzene rings is 1. The predicted molar refractivity (Wildman–Crippen MR) is 54.9 cm³/mol. The largest absolute Gasteiger partial charge is 0.313 e. The molecule has 0 aliphatic carbocycles. The summed E-state index contributed by atoms with van der Waals surface area (Å²) in [5, 5.41) is 0. The second kappa shape index (κ2) is 3.84. The minimum absolute atomic E-state index is 0.251. The highest BCUT2D eigenvalue weighted by atomic mass is 19.1. The lowest BCUT2D eigenvalue weighted by Crippen LogP contribution is -2.11. The summed E-state index contributed by atoms with van der Waals surface area (Å²) in [5.41, 5.74) is 0.533. The second-order valence-corrected chi connectivity index (χ2v) is 3.36. The van der Waals surface area contributed by atoms with E-state index in [0.717, 1.165) is 18.2 Å². The van der Waals surface area contributed by atoms with E-state index in [1.54, 1.807) is 6.92 Å². The van der Waals surface area contributed by atoms with Crippen LogP contribution >= 0.6 is 0 Å². The van der Waals surface area contributed by atoms with E-state index < -0.39 is 11.6 Å². The summed E-state index contributed by atoms with van der Waals surface area (Å²) in [6.45, 7) is 1.55. The van der Waals surface area contributed by atoms with Gasteiger partial charge in [-0.2, -0.15) is 0 Å². The molecule has 0 saturated heterocycles. The van der Waals surface area contributed by atoms with Crippen LogP contribution < -0.4 is 5.56 Å². The van der Waals surface area contributed by atoms with Crippen molar-refractivity contribution in [2.75, 3.05) is 0 Å². The topological polar surface area (TPSA) is 45.8 Å². The Bertz CT molecular complexity index is 573. The zero-order chi connectivity index (χ0) is 11.7. The Hall–Kier alpha value is -2.04. The van der Waals surface area contributed by atoms with Crippen LogP contribution in [0.1, 0.15) is 5.56 Å². The average molecular weight is 222 g/mol. The number of hydrogen-bond acceptors (Lipinski definition) is 2. The quantitative estimate of drug-likeness (QED) is 0.802. The number of hydrogen-bond donors (Lipinski definition) is 1. The summed E-state index contributed by atoms with van der Waals surface area (Å²) >= 11 is 0. The molecule has 0 radical (unpaired) electrons. The lowest BCUT2D eigenvalue weighted by Gasteiger charge is -2.03. The molecule has 1 aromatic heterocycles. The number of nitrogens with zero attached hydrogens (tertiary/aromatic N) is 1. The third-order valence-corrected chi connectivity index (χ3v) is 2.22. The highest BCUT2D eigenvalue weighted by Crippen LogP contribution is 2.20. The van der Waals surface area contributed by atoms with Crippen LogP contribution in [0, 0.1) is 18.6 Å². The van der Waals surface area contributed by atoms with Gasteiger partial charge in [0.25, 0.3) is 5.56 Å². The molecule has 0 amide bonds. The van der Waals surface area contributed by atoms with E-state index in [0.29, 0.717) is 5.56 Å². The normalized spacial score (nSPS) is 10.4.